The molecule has 0 atom stereocenters. The van der Waals surface area contributed by atoms with Gasteiger partial charge in [0, 0.05) is 31.9 Å². The minimum Gasteiger partial charge on any atom is -0.494 e. The van der Waals surface area contributed by atoms with E-state index in [4.69, 9.17) is 18.0 Å². The molecule has 164 valence electrons. The Bertz CT molecular complexity index is 570. The van der Waals surface area contributed by atoms with Crippen LogP contribution in [-0.2, 0) is 22.8 Å². The molecule has 1 aromatic rings. The summed E-state index contributed by atoms with van der Waals surface area (Å²) in [6.07, 6.45) is 7.34. The zero-order valence-corrected chi connectivity index (χ0v) is 19.3. The van der Waals surface area contributed by atoms with Crippen LogP contribution in [0.3, 0.4) is 0 Å². The Balaban J connectivity index is 2.26. The van der Waals surface area contributed by atoms with E-state index in [1.54, 1.807) is 6.08 Å². The average molecular weight is 425 g/mol. The molecule has 0 aromatic heterocycles. The van der Waals surface area contributed by atoms with Gasteiger partial charge in [0.1, 0.15) is 5.75 Å². The molecule has 0 N–H and O–H groups in total. The predicted molar refractivity (Wildman–Crippen MR) is 117 cm³/mol. The maximum absolute atomic E-state index is 11.1. The van der Waals surface area contributed by atoms with Gasteiger partial charge >= 0.3 is 14.8 Å². The Labute approximate surface area is 176 Å². The van der Waals surface area contributed by atoms with Crippen LogP contribution in [0.25, 0.3) is 6.08 Å². The van der Waals surface area contributed by atoms with Crippen molar-refractivity contribution in [2.24, 2.45) is 0 Å². The molecule has 0 aliphatic carbocycles. The van der Waals surface area contributed by atoms with Gasteiger partial charge in [0.15, 0.2) is 0 Å². The molecule has 7 heteroatoms. The topological polar surface area (TPSA) is 63.2 Å². The van der Waals surface area contributed by atoms with Crippen LogP contribution in [0.5, 0.6) is 5.75 Å². The SMILES string of the molecule is CCO[Si](CCCCCCOc1ccc(/C=C/C(=O)OC)cc1)(OCC)OCC. The van der Waals surface area contributed by atoms with Crippen LogP contribution in [0.15, 0.2) is 30.3 Å². The Kier molecular flexibility index (Phi) is 13.3. The molecule has 6 nitrogen and oxygen atoms in total. The van der Waals surface area contributed by atoms with Gasteiger partial charge in [-0.1, -0.05) is 25.0 Å². The minimum atomic E-state index is -2.50. The molecule has 0 aliphatic heterocycles. The molecule has 0 spiro atoms. The van der Waals surface area contributed by atoms with Gasteiger partial charge in [-0.25, -0.2) is 4.79 Å². The van der Waals surface area contributed by atoms with Crippen LogP contribution < -0.4 is 4.74 Å². The fourth-order valence-electron chi connectivity index (χ4n) is 2.90. The summed E-state index contributed by atoms with van der Waals surface area (Å²) in [5.74, 6) is 0.463. The largest absolute Gasteiger partial charge is 0.500 e. The van der Waals surface area contributed by atoms with Gasteiger partial charge in [0.25, 0.3) is 0 Å². The van der Waals surface area contributed by atoms with E-state index in [0.717, 1.165) is 43.0 Å². The second-order valence-corrected chi connectivity index (χ2v) is 9.15. The van der Waals surface area contributed by atoms with E-state index in [1.807, 2.05) is 45.0 Å². The number of rotatable bonds is 16. The van der Waals surface area contributed by atoms with Crippen LogP contribution in [0.1, 0.15) is 52.0 Å². The van der Waals surface area contributed by atoms with Crippen molar-refractivity contribution in [2.75, 3.05) is 33.5 Å². The van der Waals surface area contributed by atoms with Crippen molar-refractivity contribution in [1.29, 1.82) is 0 Å². The third kappa shape index (κ3) is 10.6. The van der Waals surface area contributed by atoms with Crippen molar-refractivity contribution in [2.45, 2.75) is 52.5 Å². The molecule has 0 aliphatic rings. The van der Waals surface area contributed by atoms with E-state index in [2.05, 4.69) is 4.74 Å². The van der Waals surface area contributed by atoms with E-state index in [-0.39, 0.29) is 5.97 Å². The summed E-state index contributed by atoms with van der Waals surface area (Å²) in [5.41, 5.74) is 0.924. The highest BCUT2D eigenvalue weighted by Gasteiger charge is 2.39. The van der Waals surface area contributed by atoms with Gasteiger partial charge in [-0.3, -0.25) is 0 Å². The number of methoxy groups -OCH3 is 1. The Morgan fingerprint density at radius 2 is 1.48 bits per heavy atom. The second-order valence-electron chi connectivity index (χ2n) is 6.42. The standard InChI is InChI=1S/C22H36O6Si/c1-5-26-29(27-6-2,28-7-3)19-11-9-8-10-18-25-21-15-12-20(13-16-21)14-17-22(23)24-4/h12-17H,5-11,18-19H2,1-4H3/b17-14+. The van der Waals surface area contributed by atoms with E-state index in [0.29, 0.717) is 26.4 Å². The number of hydrogen-bond acceptors (Lipinski definition) is 6. The third-order valence-corrected chi connectivity index (χ3v) is 7.38. The molecule has 1 rings (SSSR count). The van der Waals surface area contributed by atoms with Crippen LogP contribution in [0.2, 0.25) is 6.04 Å². The smallest absolute Gasteiger partial charge is 0.494 e. The molecular formula is C22H36O6Si. The Morgan fingerprint density at radius 1 is 0.897 bits per heavy atom. The monoisotopic (exact) mass is 424 g/mol. The molecular weight excluding hydrogens is 388 g/mol. The number of ether oxygens (including phenoxy) is 2. The number of carbonyl (C=O) groups is 1. The summed E-state index contributed by atoms with van der Waals surface area (Å²) in [6.45, 7) is 8.51. The van der Waals surface area contributed by atoms with E-state index >= 15 is 0 Å². The second kappa shape index (κ2) is 15.2. The van der Waals surface area contributed by atoms with Crippen molar-refractivity contribution in [3.8, 4) is 5.75 Å². The molecule has 29 heavy (non-hydrogen) atoms. The number of hydrogen-bond donors (Lipinski definition) is 0. The number of esters is 1. The minimum absolute atomic E-state index is 0.367. The molecule has 0 bridgehead atoms. The summed E-state index contributed by atoms with van der Waals surface area (Å²) in [7, 11) is -1.14. The van der Waals surface area contributed by atoms with Crippen LogP contribution in [-0.4, -0.2) is 48.3 Å². The summed E-state index contributed by atoms with van der Waals surface area (Å²) in [5, 5.41) is 0. The van der Waals surface area contributed by atoms with Gasteiger partial charge < -0.3 is 22.8 Å². The van der Waals surface area contributed by atoms with Crippen LogP contribution in [0, 0.1) is 0 Å². The van der Waals surface area contributed by atoms with Gasteiger partial charge in [0.2, 0.25) is 0 Å². The van der Waals surface area contributed by atoms with Crippen molar-refractivity contribution >= 4 is 20.8 Å². The molecule has 0 heterocycles. The lowest BCUT2D eigenvalue weighted by Gasteiger charge is -2.28. The van der Waals surface area contributed by atoms with E-state index in [9.17, 15) is 4.79 Å². The lowest BCUT2D eigenvalue weighted by molar-refractivity contribution is -0.134. The zero-order chi connectivity index (χ0) is 21.4. The molecule has 0 unspecified atom stereocenters. The third-order valence-electron chi connectivity index (χ3n) is 4.23. The average Bonchev–Trinajstić information content (AvgIpc) is 2.72. The normalized spacial score (nSPS) is 11.7. The first kappa shape index (κ1) is 25.4. The maximum Gasteiger partial charge on any atom is 0.500 e. The Hall–Kier alpha value is -1.67. The fourth-order valence-corrected chi connectivity index (χ4v) is 5.58. The molecule has 1 aromatic carbocycles. The molecule has 0 amide bonds. The first-order valence-corrected chi connectivity index (χ1v) is 12.4. The highest BCUT2D eigenvalue weighted by molar-refractivity contribution is 6.60. The molecule has 0 saturated carbocycles. The number of benzene rings is 1. The lowest BCUT2D eigenvalue weighted by Crippen LogP contribution is -2.45. The molecule has 0 fully saturated rings. The van der Waals surface area contributed by atoms with E-state index in [1.165, 1.54) is 13.2 Å². The maximum atomic E-state index is 11.1. The molecule has 0 radical (unpaired) electrons. The number of carbonyl (C=O) groups excluding carboxylic acids is 1. The highest BCUT2D eigenvalue weighted by atomic mass is 28.4. The predicted octanol–water partition coefficient (Wildman–Crippen LogP) is 4.86. The van der Waals surface area contributed by atoms with Gasteiger partial charge in [0.05, 0.1) is 13.7 Å². The van der Waals surface area contributed by atoms with Crippen molar-refractivity contribution in [3.05, 3.63) is 35.9 Å². The van der Waals surface area contributed by atoms with Crippen LogP contribution >= 0.6 is 0 Å². The summed E-state index contributed by atoms with van der Waals surface area (Å²) < 4.78 is 28.0. The fraction of sp³-hybridized carbons (Fsp3) is 0.591. The summed E-state index contributed by atoms with van der Waals surface area (Å²) in [6, 6.07) is 8.50. The van der Waals surface area contributed by atoms with Gasteiger partial charge in [-0.2, -0.15) is 0 Å². The first-order valence-electron chi connectivity index (χ1n) is 10.5. The Morgan fingerprint density at radius 3 is 2.03 bits per heavy atom. The number of unbranched alkanes of at least 4 members (excludes halogenated alkanes) is 3. The lowest BCUT2D eigenvalue weighted by atomic mass is 10.2. The van der Waals surface area contributed by atoms with Gasteiger partial charge in [-0.05, 0) is 57.4 Å². The van der Waals surface area contributed by atoms with Gasteiger partial charge in [-0.15, -0.1) is 0 Å². The van der Waals surface area contributed by atoms with Crippen molar-refractivity contribution in [1.82, 2.24) is 0 Å². The summed E-state index contributed by atoms with van der Waals surface area (Å²) in [4.78, 5) is 11.1. The van der Waals surface area contributed by atoms with Crippen molar-refractivity contribution in [3.63, 3.8) is 0 Å². The first-order chi connectivity index (χ1) is 14.1. The summed E-state index contributed by atoms with van der Waals surface area (Å²) >= 11 is 0. The molecule has 0 saturated heterocycles. The van der Waals surface area contributed by atoms with Crippen molar-refractivity contribution < 1.29 is 27.5 Å². The van der Waals surface area contributed by atoms with E-state index < -0.39 is 8.80 Å². The zero-order valence-electron chi connectivity index (χ0n) is 18.3. The quantitative estimate of drug-likeness (QED) is 0.163. The van der Waals surface area contributed by atoms with Crippen LogP contribution in [0.4, 0.5) is 0 Å². The highest BCUT2D eigenvalue weighted by Crippen LogP contribution is 2.20.